The Labute approximate surface area is 184 Å². The number of fused-ring (bicyclic) bond motifs is 1. The summed E-state index contributed by atoms with van der Waals surface area (Å²) in [6.07, 6.45) is 4.56. The van der Waals surface area contributed by atoms with Crippen molar-refractivity contribution in [2.75, 3.05) is 13.2 Å². The van der Waals surface area contributed by atoms with Crippen molar-refractivity contribution in [3.63, 3.8) is 0 Å². The molecule has 8 nitrogen and oxygen atoms in total. The molecule has 2 aromatic heterocycles. The molecule has 0 saturated carbocycles. The summed E-state index contributed by atoms with van der Waals surface area (Å²) in [6.45, 7) is 2.81. The van der Waals surface area contributed by atoms with Crippen molar-refractivity contribution in [1.29, 1.82) is 5.26 Å². The number of para-hydroxylation sites is 1. The third-order valence-electron chi connectivity index (χ3n) is 5.18. The molecule has 1 atom stereocenters. The molecule has 1 aliphatic heterocycles. The lowest BCUT2D eigenvalue weighted by atomic mass is 10.1. The number of amides is 1. The average molecular weight is 430 g/mol. The highest BCUT2D eigenvalue weighted by Gasteiger charge is 2.20. The topological polar surface area (TPSA) is 106 Å². The SMILES string of the molecule is Cc1cccn2c(=O)c(/C=C(\C#N)C(=O)NC[C@@H]3CCCO3)c(Oc3ccccc3)nc12. The maximum Gasteiger partial charge on any atom is 0.269 e. The number of aryl methyl sites for hydroxylation is 1. The van der Waals surface area contributed by atoms with Gasteiger partial charge in [0, 0.05) is 19.3 Å². The average Bonchev–Trinajstić information content (AvgIpc) is 3.33. The van der Waals surface area contributed by atoms with E-state index in [9.17, 15) is 14.9 Å². The Hall–Kier alpha value is -3.96. The van der Waals surface area contributed by atoms with Crippen LogP contribution in [-0.4, -0.2) is 34.5 Å². The lowest BCUT2D eigenvalue weighted by molar-refractivity contribution is -0.117. The van der Waals surface area contributed by atoms with Crippen LogP contribution in [0, 0.1) is 18.3 Å². The number of nitrogens with one attached hydrogen (secondary N) is 1. The van der Waals surface area contributed by atoms with Crippen molar-refractivity contribution < 1.29 is 14.3 Å². The first-order chi connectivity index (χ1) is 15.6. The summed E-state index contributed by atoms with van der Waals surface area (Å²) in [5.74, 6) is -0.0779. The fourth-order valence-electron chi connectivity index (χ4n) is 3.49. The number of nitriles is 1. The van der Waals surface area contributed by atoms with Crippen LogP contribution in [0.4, 0.5) is 0 Å². The van der Waals surface area contributed by atoms with Gasteiger partial charge < -0.3 is 14.8 Å². The molecule has 0 spiro atoms. The minimum absolute atomic E-state index is 0.0146. The van der Waals surface area contributed by atoms with Crippen molar-refractivity contribution in [3.05, 3.63) is 75.7 Å². The predicted octanol–water partition coefficient (Wildman–Crippen LogP) is 3.00. The highest BCUT2D eigenvalue weighted by molar-refractivity contribution is 6.01. The minimum Gasteiger partial charge on any atom is -0.438 e. The molecule has 1 aliphatic rings. The molecular formula is C24H22N4O4. The molecule has 3 heterocycles. The highest BCUT2D eigenvalue weighted by atomic mass is 16.5. The summed E-state index contributed by atoms with van der Waals surface area (Å²) >= 11 is 0. The largest absolute Gasteiger partial charge is 0.438 e. The van der Waals surface area contributed by atoms with E-state index in [0.717, 1.165) is 18.4 Å². The number of pyridine rings is 1. The summed E-state index contributed by atoms with van der Waals surface area (Å²) < 4.78 is 12.8. The number of hydrogen-bond donors (Lipinski definition) is 1. The number of rotatable bonds is 6. The third kappa shape index (κ3) is 4.53. The van der Waals surface area contributed by atoms with Gasteiger partial charge in [-0.15, -0.1) is 0 Å². The van der Waals surface area contributed by atoms with Gasteiger partial charge in [0.15, 0.2) is 0 Å². The van der Waals surface area contributed by atoms with Gasteiger partial charge in [-0.2, -0.15) is 10.2 Å². The van der Waals surface area contributed by atoms with Crippen LogP contribution in [0.1, 0.15) is 24.0 Å². The molecule has 1 aromatic carbocycles. The molecule has 0 bridgehead atoms. The summed E-state index contributed by atoms with van der Waals surface area (Å²) in [7, 11) is 0. The highest BCUT2D eigenvalue weighted by Crippen LogP contribution is 2.24. The minimum atomic E-state index is -0.581. The quantitative estimate of drug-likeness (QED) is 0.476. The van der Waals surface area contributed by atoms with Gasteiger partial charge >= 0.3 is 0 Å². The Kier molecular flexibility index (Phi) is 6.29. The number of benzene rings is 1. The molecule has 1 amide bonds. The summed E-state index contributed by atoms with van der Waals surface area (Å²) in [4.78, 5) is 30.4. The Morgan fingerprint density at radius 1 is 1.34 bits per heavy atom. The van der Waals surface area contributed by atoms with Crippen molar-refractivity contribution >= 4 is 17.6 Å². The third-order valence-corrected chi connectivity index (χ3v) is 5.18. The first-order valence-corrected chi connectivity index (χ1v) is 10.3. The Morgan fingerprint density at radius 3 is 2.88 bits per heavy atom. The number of aromatic nitrogens is 2. The van der Waals surface area contributed by atoms with E-state index in [1.54, 1.807) is 36.5 Å². The van der Waals surface area contributed by atoms with Crippen LogP contribution in [0.3, 0.4) is 0 Å². The molecular weight excluding hydrogens is 408 g/mol. The van der Waals surface area contributed by atoms with Gasteiger partial charge in [-0.1, -0.05) is 24.3 Å². The number of carbonyl (C=O) groups excluding carboxylic acids is 1. The zero-order valence-corrected chi connectivity index (χ0v) is 17.6. The maximum absolute atomic E-state index is 13.3. The van der Waals surface area contributed by atoms with Crippen LogP contribution >= 0.6 is 0 Å². The molecule has 4 rings (SSSR count). The summed E-state index contributed by atoms with van der Waals surface area (Å²) in [5.41, 5.74) is 0.576. The molecule has 162 valence electrons. The Bertz CT molecular complexity index is 1270. The zero-order valence-electron chi connectivity index (χ0n) is 17.6. The first-order valence-electron chi connectivity index (χ1n) is 10.3. The van der Waals surface area contributed by atoms with E-state index in [-0.39, 0.29) is 23.1 Å². The molecule has 1 fully saturated rings. The normalized spacial score (nSPS) is 16.0. The maximum atomic E-state index is 13.3. The standard InChI is InChI=1S/C24H22N4O4/c1-16-7-5-11-28-21(16)27-23(32-18-8-3-2-4-9-18)20(24(28)30)13-17(14-25)22(29)26-15-19-10-6-12-31-19/h2-5,7-9,11,13,19H,6,10,12,15H2,1H3,(H,26,29)/b17-13+/t19-/m0/s1. The van der Waals surface area contributed by atoms with Gasteiger partial charge in [0.05, 0.1) is 6.10 Å². The van der Waals surface area contributed by atoms with E-state index >= 15 is 0 Å². The van der Waals surface area contributed by atoms with Crippen LogP contribution in [0.25, 0.3) is 11.7 Å². The number of nitrogens with zero attached hydrogens (tertiary/aromatic N) is 3. The molecule has 0 unspecified atom stereocenters. The number of hydrogen-bond acceptors (Lipinski definition) is 6. The number of carbonyl (C=O) groups is 1. The van der Waals surface area contributed by atoms with Crippen molar-refractivity contribution in [2.24, 2.45) is 0 Å². The van der Waals surface area contributed by atoms with Gasteiger partial charge in [-0.05, 0) is 49.6 Å². The second kappa shape index (κ2) is 9.45. The van der Waals surface area contributed by atoms with E-state index in [4.69, 9.17) is 9.47 Å². The Balaban J connectivity index is 1.75. The van der Waals surface area contributed by atoms with Crippen LogP contribution < -0.4 is 15.6 Å². The fourth-order valence-corrected chi connectivity index (χ4v) is 3.49. The lowest BCUT2D eigenvalue weighted by Gasteiger charge is -2.12. The lowest BCUT2D eigenvalue weighted by Crippen LogP contribution is -2.32. The second-order valence-corrected chi connectivity index (χ2v) is 7.45. The van der Waals surface area contributed by atoms with Crippen LogP contribution in [-0.2, 0) is 9.53 Å². The Morgan fingerprint density at radius 2 is 2.16 bits per heavy atom. The van der Waals surface area contributed by atoms with Gasteiger partial charge in [0.2, 0.25) is 5.88 Å². The van der Waals surface area contributed by atoms with Crippen molar-refractivity contribution in [1.82, 2.24) is 14.7 Å². The van der Waals surface area contributed by atoms with Crippen LogP contribution in [0.2, 0.25) is 0 Å². The predicted molar refractivity (Wildman–Crippen MR) is 118 cm³/mol. The fraction of sp³-hybridized carbons (Fsp3) is 0.250. The molecule has 1 saturated heterocycles. The molecule has 1 N–H and O–H groups in total. The van der Waals surface area contributed by atoms with Crippen LogP contribution in [0.15, 0.2) is 59.0 Å². The summed E-state index contributed by atoms with van der Waals surface area (Å²) in [5, 5.41) is 12.3. The second-order valence-electron chi connectivity index (χ2n) is 7.45. The monoisotopic (exact) mass is 430 g/mol. The van der Waals surface area contributed by atoms with E-state index < -0.39 is 11.5 Å². The van der Waals surface area contributed by atoms with Gasteiger partial charge in [-0.25, -0.2) is 0 Å². The smallest absolute Gasteiger partial charge is 0.269 e. The van der Waals surface area contributed by atoms with Gasteiger partial charge in [0.1, 0.15) is 28.6 Å². The zero-order chi connectivity index (χ0) is 22.5. The van der Waals surface area contributed by atoms with Gasteiger partial charge in [0.25, 0.3) is 11.5 Å². The number of ether oxygens (including phenoxy) is 2. The molecule has 32 heavy (non-hydrogen) atoms. The van der Waals surface area contributed by atoms with E-state index in [2.05, 4.69) is 10.3 Å². The molecule has 8 heteroatoms. The van der Waals surface area contributed by atoms with E-state index in [0.29, 0.717) is 24.5 Å². The van der Waals surface area contributed by atoms with Crippen LogP contribution in [0.5, 0.6) is 11.6 Å². The van der Waals surface area contributed by atoms with E-state index in [1.807, 2.05) is 25.1 Å². The molecule has 0 radical (unpaired) electrons. The van der Waals surface area contributed by atoms with Gasteiger partial charge in [-0.3, -0.25) is 14.0 Å². The van der Waals surface area contributed by atoms with Crippen molar-refractivity contribution in [3.8, 4) is 17.7 Å². The van der Waals surface area contributed by atoms with E-state index in [1.165, 1.54) is 10.5 Å². The molecule has 3 aromatic rings. The first kappa shape index (κ1) is 21.3. The molecule has 0 aliphatic carbocycles. The van der Waals surface area contributed by atoms with Crippen molar-refractivity contribution in [2.45, 2.75) is 25.9 Å². The summed E-state index contributed by atoms with van der Waals surface area (Å²) in [6, 6.07) is 14.3.